The molecule has 1 amide bonds. The number of fused-ring (bicyclic) bond motifs is 1. The summed E-state index contributed by atoms with van der Waals surface area (Å²) in [5.41, 5.74) is 3.40. The topological polar surface area (TPSA) is 83.9 Å². The highest BCUT2D eigenvalue weighted by Gasteiger charge is 2.27. The zero-order chi connectivity index (χ0) is 18.6. The number of carbonyl (C=O) groups excluding carboxylic acids is 1. The molecule has 3 aromatic rings. The first-order chi connectivity index (χ1) is 13.2. The standard InChI is InChI=1S/C20H22N6O/c1-14(15-4-2-6-21-11-15)25-20(27)16-5-3-9-26(13-16)17-10-18-19(24-12-17)23-8-7-22-18/h2,4,6-8,10-12,14,16H,3,5,9,13H2,1H3,(H,25,27). The van der Waals surface area contributed by atoms with Crippen LogP contribution in [0.1, 0.15) is 31.4 Å². The summed E-state index contributed by atoms with van der Waals surface area (Å²) in [6.07, 6.45) is 10.5. The van der Waals surface area contributed by atoms with Crippen LogP contribution in [0, 0.1) is 5.92 Å². The summed E-state index contributed by atoms with van der Waals surface area (Å²) in [5, 5.41) is 3.12. The predicted octanol–water partition coefficient (Wildman–Crippen LogP) is 2.51. The van der Waals surface area contributed by atoms with Crippen LogP contribution < -0.4 is 10.2 Å². The highest BCUT2D eigenvalue weighted by Crippen LogP contribution is 2.25. The van der Waals surface area contributed by atoms with Gasteiger partial charge in [-0.05, 0) is 37.5 Å². The molecule has 2 unspecified atom stereocenters. The highest BCUT2D eigenvalue weighted by atomic mass is 16.2. The van der Waals surface area contributed by atoms with Gasteiger partial charge in [0.15, 0.2) is 5.65 Å². The van der Waals surface area contributed by atoms with E-state index in [0.717, 1.165) is 36.2 Å². The minimum absolute atomic E-state index is 0.0459. The number of aromatic nitrogens is 4. The van der Waals surface area contributed by atoms with E-state index in [-0.39, 0.29) is 17.9 Å². The lowest BCUT2D eigenvalue weighted by atomic mass is 9.96. The van der Waals surface area contributed by atoms with Crippen LogP contribution in [0.4, 0.5) is 5.69 Å². The van der Waals surface area contributed by atoms with Crippen LogP contribution in [-0.4, -0.2) is 38.9 Å². The van der Waals surface area contributed by atoms with Crippen molar-refractivity contribution in [2.75, 3.05) is 18.0 Å². The monoisotopic (exact) mass is 362 g/mol. The second-order valence-electron chi connectivity index (χ2n) is 6.89. The number of hydrogen-bond donors (Lipinski definition) is 1. The summed E-state index contributed by atoms with van der Waals surface area (Å²) >= 11 is 0. The van der Waals surface area contributed by atoms with E-state index in [1.165, 1.54) is 0 Å². The Morgan fingerprint density at radius 2 is 2.11 bits per heavy atom. The molecule has 4 heterocycles. The molecule has 138 valence electrons. The van der Waals surface area contributed by atoms with E-state index < -0.39 is 0 Å². The SMILES string of the molecule is CC(NC(=O)C1CCCN(c2cnc3nccnc3c2)C1)c1cccnc1. The predicted molar refractivity (Wildman–Crippen MR) is 103 cm³/mol. The van der Waals surface area contributed by atoms with Gasteiger partial charge in [0.25, 0.3) is 0 Å². The summed E-state index contributed by atoms with van der Waals surface area (Å²) in [5.74, 6) is 0.0417. The first-order valence-corrected chi connectivity index (χ1v) is 9.23. The molecule has 0 saturated carbocycles. The minimum atomic E-state index is -0.0563. The van der Waals surface area contributed by atoms with Gasteiger partial charge in [0.2, 0.25) is 5.91 Å². The Bertz CT molecular complexity index is 932. The molecule has 0 bridgehead atoms. The van der Waals surface area contributed by atoms with Crippen LogP contribution in [0.3, 0.4) is 0 Å². The van der Waals surface area contributed by atoms with Crippen molar-refractivity contribution < 1.29 is 4.79 Å². The molecule has 4 rings (SSSR count). The van der Waals surface area contributed by atoms with Crippen LogP contribution in [0.25, 0.3) is 11.2 Å². The van der Waals surface area contributed by atoms with Crippen molar-refractivity contribution in [1.29, 1.82) is 0 Å². The Labute approximate surface area is 157 Å². The van der Waals surface area contributed by atoms with Crippen LogP contribution in [0.5, 0.6) is 0 Å². The molecule has 1 aliphatic heterocycles. The molecule has 7 nitrogen and oxygen atoms in total. The molecule has 2 atom stereocenters. The van der Waals surface area contributed by atoms with Gasteiger partial charge in [-0.1, -0.05) is 6.07 Å². The molecule has 0 radical (unpaired) electrons. The molecule has 0 aromatic carbocycles. The largest absolute Gasteiger partial charge is 0.369 e. The summed E-state index contributed by atoms with van der Waals surface area (Å²) in [6.45, 7) is 3.58. The molecule has 0 spiro atoms. The van der Waals surface area contributed by atoms with Gasteiger partial charge < -0.3 is 10.2 Å². The van der Waals surface area contributed by atoms with Crippen molar-refractivity contribution >= 4 is 22.8 Å². The average molecular weight is 362 g/mol. The Balaban J connectivity index is 1.44. The van der Waals surface area contributed by atoms with Crippen molar-refractivity contribution in [3.63, 3.8) is 0 Å². The smallest absolute Gasteiger partial charge is 0.225 e. The zero-order valence-electron chi connectivity index (χ0n) is 15.2. The Morgan fingerprint density at radius 3 is 2.96 bits per heavy atom. The lowest BCUT2D eigenvalue weighted by Gasteiger charge is -2.34. The third-order valence-electron chi connectivity index (χ3n) is 5.01. The number of carbonyl (C=O) groups is 1. The van der Waals surface area contributed by atoms with Crippen LogP contribution in [-0.2, 0) is 4.79 Å². The van der Waals surface area contributed by atoms with Crippen molar-refractivity contribution in [2.24, 2.45) is 5.92 Å². The average Bonchev–Trinajstić information content (AvgIpc) is 2.74. The van der Waals surface area contributed by atoms with Gasteiger partial charge in [-0.2, -0.15) is 0 Å². The first-order valence-electron chi connectivity index (χ1n) is 9.23. The van der Waals surface area contributed by atoms with E-state index in [1.807, 2.05) is 31.3 Å². The third-order valence-corrected chi connectivity index (χ3v) is 5.01. The van der Waals surface area contributed by atoms with Crippen molar-refractivity contribution in [1.82, 2.24) is 25.3 Å². The Kier molecular flexibility index (Phi) is 4.91. The number of hydrogen-bond acceptors (Lipinski definition) is 6. The van der Waals surface area contributed by atoms with E-state index in [9.17, 15) is 4.79 Å². The first kappa shape index (κ1) is 17.3. The molecular formula is C20H22N6O. The molecule has 1 aliphatic rings. The lowest BCUT2D eigenvalue weighted by molar-refractivity contribution is -0.125. The number of anilines is 1. The molecular weight excluding hydrogens is 340 g/mol. The van der Waals surface area contributed by atoms with Gasteiger partial charge in [-0.25, -0.2) is 9.97 Å². The molecule has 27 heavy (non-hydrogen) atoms. The third kappa shape index (κ3) is 3.86. The number of rotatable bonds is 4. The summed E-state index contributed by atoms with van der Waals surface area (Å²) in [4.78, 5) is 32.0. The second kappa shape index (κ2) is 7.65. The van der Waals surface area contributed by atoms with Crippen LogP contribution in [0.15, 0.2) is 49.2 Å². The van der Waals surface area contributed by atoms with Crippen LogP contribution in [0.2, 0.25) is 0 Å². The molecule has 0 aliphatic carbocycles. The van der Waals surface area contributed by atoms with E-state index in [1.54, 1.807) is 24.8 Å². The minimum Gasteiger partial charge on any atom is -0.369 e. The van der Waals surface area contributed by atoms with E-state index in [0.29, 0.717) is 12.2 Å². The van der Waals surface area contributed by atoms with Crippen molar-refractivity contribution in [2.45, 2.75) is 25.8 Å². The number of pyridine rings is 2. The van der Waals surface area contributed by atoms with Crippen molar-refractivity contribution in [3.8, 4) is 0 Å². The van der Waals surface area contributed by atoms with Crippen LogP contribution >= 0.6 is 0 Å². The molecule has 3 aromatic heterocycles. The van der Waals surface area contributed by atoms with Gasteiger partial charge in [0, 0.05) is 37.9 Å². The van der Waals surface area contributed by atoms with E-state index in [2.05, 4.69) is 30.2 Å². The summed E-state index contributed by atoms with van der Waals surface area (Å²) in [6, 6.07) is 5.80. The van der Waals surface area contributed by atoms with Crippen molar-refractivity contribution in [3.05, 3.63) is 54.7 Å². The molecule has 1 saturated heterocycles. The maximum absolute atomic E-state index is 12.8. The second-order valence-corrected chi connectivity index (χ2v) is 6.89. The molecule has 1 N–H and O–H groups in total. The molecule has 7 heteroatoms. The lowest BCUT2D eigenvalue weighted by Crippen LogP contribution is -2.43. The van der Waals surface area contributed by atoms with Gasteiger partial charge in [-0.3, -0.25) is 14.8 Å². The normalized spacial score (nSPS) is 18.3. The number of piperidine rings is 1. The fourth-order valence-corrected chi connectivity index (χ4v) is 3.49. The van der Waals surface area contributed by atoms with Gasteiger partial charge in [0.1, 0.15) is 5.52 Å². The van der Waals surface area contributed by atoms with Gasteiger partial charge in [0.05, 0.1) is 23.8 Å². The number of nitrogens with zero attached hydrogens (tertiary/aromatic N) is 5. The highest BCUT2D eigenvalue weighted by molar-refractivity contribution is 5.80. The van der Waals surface area contributed by atoms with Gasteiger partial charge in [-0.15, -0.1) is 0 Å². The van der Waals surface area contributed by atoms with E-state index >= 15 is 0 Å². The molecule has 1 fully saturated rings. The Morgan fingerprint density at radius 1 is 1.22 bits per heavy atom. The fraction of sp³-hybridized carbons (Fsp3) is 0.350. The van der Waals surface area contributed by atoms with E-state index in [4.69, 9.17) is 0 Å². The maximum Gasteiger partial charge on any atom is 0.225 e. The number of amides is 1. The number of nitrogens with one attached hydrogen (secondary N) is 1. The maximum atomic E-state index is 12.8. The van der Waals surface area contributed by atoms with Gasteiger partial charge >= 0.3 is 0 Å². The summed E-state index contributed by atoms with van der Waals surface area (Å²) < 4.78 is 0. The zero-order valence-corrected chi connectivity index (χ0v) is 15.2. The summed E-state index contributed by atoms with van der Waals surface area (Å²) in [7, 11) is 0. The fourth-order valence-electron chi connectivity index (χ4n) is 3.49. The Hall–Kier alpha value is -3.09. The quantitative estimate of drug-likeness (QED) is 0.768.